The van der Waals surface area contributed by atoms with Crippen LogP contribution in [0.4, 0.5) is 5.69 Å². The number of fused-ring (bicyclic) bond motifs is 1. The molecular formula is C21H31N3O4S. The van der Waals surface area contributed by atoms with E-state index in [2.05, 4.69) is 4.90 Å². The van der Waals surface area contributed by atoms with E-state index in [9.17, 15) is 13.2 Å². The minimum absolute atomic E-state index is 0.113. The summed E-state index contributed by atoms with van der Waals surface area (Å²) >= 11 is 0. The number of benzene rings is 1. The summed E-state index contributed by atoms with van der Waals surface area (Å²) in [7, 11) is -3.59. The maximum absolute atomic E-state index is 13.3. The number of amides is 1. The average Bonchev–Trinajstić information content (AvgIpc) is 2.73. The maximum Gasteiger partial charge on any atom is 0.243 e. The van der Waals surface area contributed by atoms with Gasteiger partial charge in [0.25, 0.3) is 0 Å². The highest BCUT2D eigenvalue weighted by Gasteiger charge is 2.34. The van der Waals surface area contributed by atoms with Gasteiger partial charge in [-0.3, -0.25) is 4.79 Å². The number of hydrogen-bond donors (Lipinski definition) is 0. The number of hydrogen-bond acceptors (Lipinski definition) is 5. The molecule has 8 heteroatoms. The van der Waals surface area contributed by atoms with Gasteiger partial charge in [-0.15, -0.1) is 0 Å². The fourth-order valence-electron chi connectivity index (χ4n) is 4.76. The molecule has 0 N–H and O–H groups in total. The van der Waals surface area contributed by atoms with Crippen LogP contribution in [0.3, 0.4) is 0 Å². The van der Waals surface area contributed by atoms with Crippen molar-refractivity contribution in [2.75, 3.05) is 37.6 Å². The monoisotopic (exact) mass is 421 g/mol. The molecule has 1 unspecified atom stereocenters. The van der Waals surface area contributed by atoms with Crippen molar-refractivity contribution in [3.8, 4) is 5.75 Å². The number of likely N-dealkylation sites (tertiary alicyclic amines) is 1. The molecule has 0 saturated carbocycles. The first-order valence-electron chi connectivity index (χ1n) is 10.7. The van der Waals surface area contributed by atoms with E-state index in [1.165, 1.54) is 26.2 Å². The lowest BCUT2D eigenvalue weighted by molar-refractivity contribution is -0.117. The summed E-state index contributed by atoms with van der Waals surface area (Å²) in [5.74, 6) is 0.444. The number of ether oxygens (including phenoxy) is 1. The number of anilines is 1. The van der Waals surface area contributed by atoms with Crippen LogP contribution < -0.4 is 9.64 Å². The molecule has 3 aliphatic rings. The Hall–Kier alpha value is -1.64. The first kappa shape index (κ1) is 20.6. The Morgan fingerprint density at radius 1 is 1.07 bits per heavy atom. The molecule has 0 spiro atoms. The number of carbonyl (C=O) groups excluding carboxylic acids is 1. The summed E-state index contributed by atoms with van der Waals surface area (Å²) in [6, 6.07) is 5.36. The number of piperidine rings is 2. The zero-order valence-electron chi connectivity index (χ0n) is 17.3. The van der Waals surface area contributed by atoms with Gasteiger partial charge in [0, 0.05) is 26.1 Å². The topological polar surface area (TPSA) is 70.2 Å². The van der Waals surface area contributed by atoms with Crippen molar-refractivity contribution in [1.82, 2.24) is 9.21 Å². The summed E-state index contributed by atoms with van der Waals surface area (Å²) in [4.78, 5) is 16.4. The predicted octanol–water partition coefficient (Wildman–Crippen LogP) is 2.46. The fraction of sp³-hybridized carbons (Fsp3) is 0.667. The van der Waals surface area contributed by atoms with Crippen molar-refractivity contribution in [2.24, 2.45) is 0 Å². The maximum atomic E-state index is 13.3. The highest BCUT2D eigenvalue weighted by molar-refractivity contribution is 7.89. The standard InChI is InChI=1S/C21H31N3O4S/c1-16-15-24(17(2)25)20-14-19(6-7-21(20)28-16)29(26,27)23-12-8-18(9-13-23)22-10-4-3-5-11-22/h6-7,14,16,18H,3-5,8-13,15H2,1-2H3. The van der Waals surface area contributed by atoms with E-state index in [1.807, 2.05) is 6.92 Å². The van der Waals surface area contributed by atoms with Gasteiger partial charge in [-0.25, -0.2) is 8.42 Å². The smallest absolute Gasteiger partial charge is 0.243 e. The highest BCUT2D eigenvalue weighted by atomic mass is 32.2. The third kappa shape index (κ3) is 4.15. The van der Waals surface area contributed by atoms with Gasteiger partial charge >= 0.3 is 0 Å². The lowest BCUT2D eigenvalue weighted by Gasteiger charge is -2.39. The van der Waals surface area contributed by atoms with E-state index in [0.717, 1.165) is 25.9 Å². The van der Waals surface area contributed by atoms with Crippen molar-refractivity contribution in [3.05, 3.63) is 18.2 Å². The third-order valence-electron chi connectivity index (χ3n) is 6.34. The van der Waals surface area contributed by atoms with Gasteiger partial charge in [0.15, 0.2) is 0 Å². The second kappa shape index (κ2) is 8.24. The molecule has 0 radical (unpaired) electrons. The Balaban J connectivity index is 1.51. The summed E-state index contributed by atoms with van der Waals surface area (Å²) in [5.41, 5.74) is 0.542. The number of rotatable bonds is 3. The van der Waals surface area contributed by atoms with E-state index in [-0.39, 0.29) is 16.9 Å². The first-order chi connectivity index (χ1) is 13.9. The lowest BCUT2D eigenvalue weighted by Crippen LogP contribution is -2.48. The predicted molar refractivity (Wildman–Crippen MR) is 112 cm³/mol. The van der Waals surface area contributed by atoms with Crippen molar-refractivity contribution >= 4 is 21.6 Å². The summed E-state index contributed by atoms with van der Waals surface area (Å²) < 4.78 is 33.9. The SMILES string of the molecule is CC(=O)N1CC(C)Oc2ccc(S(=O)(=O)N3CCC(N4CCCCC4)CC3)cc21. The number of sulfonamides is 1. The summed E-state index contributed by atoms with van der Waals surface area (Å²) in [6.07, 6.45) is 5.45. The van der Waals surface area contributed by atoms with Crippen LogP contribution in [0.5, 0.6) is 5.75 Å². The molecule has 7 nitrogen and oxygen atoms in total. The minimum atomic E-state index is -3.59. The second-order valence-electron chi connectivity index (χ2n) is 8.42. The van der Waals surface area contributed by atoms with Crippen LogP contribution >= 0.6 is 0 Å². The molecule has 0 aromatic heterocycles. The zero-order chi connectivity index (χ0) is 20.6. The normalized spacial score (nSPS) is 24.8. The van der Waals surface area contributed by atoms with Crippen molar-refractivity contribution in [2.45, 2.75) is 63.0 Å². The third-order valence-corrected chi connectivity index (χ3v) is 8.23. The van der Waals surface area contributed by atoms with Gasteiger partial charge in [-0.1, -0.05) is 6.42 Å². The molecule has 2 saturated heterocycles. The van der Waals surface area contributed by atoms with Crippen molar-refractivity contribution < 1.29 is 17.9 Å². The summed E-state index contributed by atoms with van der Waals surface area (Å²) in [6.45, 7) is 7.19. The molecule has 0 aliphatic carbocycles. The van der Waals surface area contributed by atoms with Crippen LogP contribution in [0.1, 0.15) is 46.0 Å². The Morgan fingerprint density at radius 2 is 1.76 bits per heavy atom. The van der Waals surface area contributed by atoms with E-state index < -0.39 is 10.0 Å². The van der Waals surface area contributed by atoms with Gasteiger partial charge in [0.2, 0.25) is 15.9 Å². The molecular weight excluding hydrogens is 390 g/mol. The minimum Gasteiger partial charge on any atom is -0.487 e. The van der Waals surface area contributed by atoms with Crippen LogP contribution in [0, 0.1) is 0 Å². The molecule has 3 aliphatic heterocycles. The molecule has 0 bridgehead atoms. The molecule has 1 aromatic rings. The van der Waals surface area contributed by atoms with Crippen molar-refractivity contribution in [3.63, 3.8) is 0 Å². The highest BCUT2D eigenvalue weighted by Crippen LogP contribution is 2.36. The average molecular weight is 422 g/mol. The molecule has 3 heterocycles. The largest absolute Gasteiger partial charge is 0.487 e. The Morgan fingerprint density at radius 3 is 2.41 bits per heavy atom. The van der Waals surface area contributed by atoms with Crippen molar-refractivity contribution in [1.29, 1.82) is 0 Å². The lowest BCUT2D eigenvalue weighted by atomic mass is 10.0. The van der Waals surface area contributed by atoms with Gasteiger partial charge in [0.05, 0.1) is 17.1 Å². The van der Waals surface area contributed by atoms with Crippen LogP contribution in [0.25, 0.3) is 0 Å². The van der Waals surface area contributed by atoms with E-state index in [0.29, 0.717) is 37.1 Å². The van der Waals surface area contributed by atoms with E-state index in [1.54, 1.807) is 27.4 Å². The molecule has 1 amide bonds. The van der Waals surface area contributed by atoms with Crippen LogP contribution in [-0.2, 0) is 14.8 Å². The molecule has 29 heavy (non-hydrogen) atoms. The van der Waals surface area contributed by atoms with E-state index >= 15 is 0 Å². The molecule has 4 rings (SSSR count). The van der Waals surface area contributed by atoms with Crippen LogP contribution in [-0.4, -0.2) is 68.4 Å². The summed E-state index contributed by atoms with van der Waals surface area (Å²) in [5, 5.41) is 0. The Bertz CT molecular complexity index is 859. The molecule has 1 aromatic carbocycles. The molecule has 2 fully saturated rings. The Kier molecular flexibility index (Phi) is 5.86. The van der Waals surface area contributed by atoms with Gasteiger partial charge in [-0.2, -0.15) is 4.31 Å². The van der Waals surface area contributed by atoms with Crippen LogP contribution in [0.15, 0.2) is 23.1 Å². The second-order valence-corrected chi connectivity index (χ2v) is 10.4. The number of nitrogens with zero attached hydrogens (tertiary/aromatic N) is 3. The zero-order valence-corrected chi connectivity index (χ0v) is 18.2. The Labute approximate surface area is 173 Å². The van der Waals surface area contributed by atoms with Gasteiger partial charge in [0.1, 0.15) is 11.9 Å². The molecule has 1 atom stereocenters. The van der Waals surface area contributed by atoms with Gasteiger partial charge < -0.3 is 14.5 Å². The first-order valence-corrected chi connectivity index (χ1v) is 12.1. The molecule has 160 valence electrons. The van der Waals surface area contributed by atoms with Gasteiger partial charge in [-0.05, 0) is 63.9 Å². The fourth-order valence-corrected chi connectivity index (χ4v) is 6.25. The number of carbonyl (C=O) groups is 1. The van der Waals surface area contributed by atoms with E-state index in [4.69, 9.17) is 4.74 Å². The van der Waals surface area contributed by atoms with Crippen LogP contribution in [0.2, 0.25) is 0 Å². The quantitative estimate of drug-likeness (QED) is 0.750.